The maximum atomic E-state index is 11.6. The number of carbonyl (C=O) groups is 2. The van der Waals surface area contributed by atoms with Gasteiger partial charge in [-0.2, -0.15) is 0 Å². The Morgan fingerprint density at radius 3 is 2.05 bits per heavy atom. The highest BCUT2D eigenvalue weighted by Gasteiger charge is 2.11. The third kappa shape index (κ3) is 13.7. The zero-order chi connectivity index (χ0) is 15.9. The maximum absolute atomic E-state index is 11.6. The van der Waals surface area contributed by atoms with Gasteiger partial charge in [-0.1, -0.05) is 52.4 Å². The van der Waals surface area contributed by atoms with Crippen molar-refractivity contribution in [3.63, 3.8) is 0 Å². The van der Waals surface area contributed by atoms with Crippen molar-refractivity contribution in [2.75, 3.05) is 6.61 Å². The van der Waals surface area contributed by atoms with Gasteiger partial charge in [-0.05, 0) is 19.8 Å². The van der Waals surface area contributed by atoms with Crippen molar-refractivity contribution in [3.05, 3.63) is 0 Å². The number of rotatable bonds is 13. The molecular weight excluding hydrogens is 268 g/mol. The molecule has 4 heteroatoms. The minimum absolute atomic E-state index is 0.158. The number of esters is 2. The number of ether oxygens (including phenoxy) is 2. The van der Waals surface area contributed by atoms with Crippen molar-refractivity contribution in [2.45, 2.75) is 91.1 Å². The van der Waals surface area contributed by atoms with E-state index in [1.165, 1.54) is 25.7 Å². The third-order valence-corrected chi connectivity index (χ3v) is 3.28. The molecule has 0 amide bonds. The summed E-state index contributed by atoms with van der Waals surface area (Å²) in [6, 6.07) is 0. The molecule has 0 heterocycles. The lowest BCUT2D eigenvalue weighted by molar-refractivity contribution is -0.158. The molecule has 0 saturated heterocycles. The predicted octanol–water partition coefficient (Wildman–Crippen LogP) is 4.40. The molecule has 0 N–H and O–H groups in total. The van der Waals surface area contributed by atoms with Crippen LogP contribution in [0.15, 0.2) is 0 Å². The first-order valence-electron chi connectivity index (χ1n) is 8.45. The summed E-state index contributed by atoms with van der Waals surface area (Å²) in [6.45, 7) is 6.13. The van der Waals surface area contributed by atoms with Crippen LogP contribution >= 0.6 is 0 Å². The van der Waals surface area contributed by atoms with Crippen molar-refractivity contribution >= 4 is 11.9 Å². The molecule has 1 atom stereocenters. The fraction of sp³-hybridized carbons (Fsp3) is 0.882. The lowest BCUT2D eigenvalue weighted by Crippen LogP contribution is -2.22. The van der Waals surface area contributed by atoms with E-state index in [2.05, 4.69) is 6.92 Å². The summed E-state index contributed by atoms with van der Waals surface area (Å²) in [5.74, 6) is -0.404. The Labute approximate surface area is 129 Å². The molecule has 21 heavy (non-hydrogen) atoms. The van der Waals surface area contributed by atoms with E-state index in [1.54, 1.807) is 6.92 Å². The summed E-state index contributed by atoms with van der Waals surface area (Å²) in [4.78, 5) is 22.9. The molecule has 0 spiro atoms. The van der Waals surface area contributed by atoms with E-state index >= 15 is 0 Å². The van der Waals surface area contributed by atoms with Crippen LogP contribution in [0.25, 0.3) is 0 Å². The smallest absolute Gasteiger partial charge is 0.306 e. The molecule has 0 aliphatic rings. The second kappa shape index (κ2) is 13.9. The molecule has 0 aromatic rings. The van der Waals surface area contributed by atoms with Crippen molar-refractivity contribution in [3.8, 4) is 0 Å². The number of hydrogen-bond donors (Lipinski definition) is 0. The molecule has 0 aliphatic carbocycles. The third-order valence-electron chi connectivity index (χ3n) is 3.28. The van der Waals surface area contributed by atoms with Gasteiger partial charge in [-0.15, -0.1) is 0 Å². The normalized spacial score (nSPS) is 12.0. The van der Waals surface area contributed by atoms with Gasteiger partial charge in [0.2, 0.25) is 0 Å². The fourth-order valence-corrected chi connectivity index (χ4v) is 1.97. The van der Waals surface area contributed by atoms with Gasteiger partial charge < -0.3 is 9.47 Å². The molecule has 0 aromatic heterocycles. The first kappa shape index (κ1) is 19.9. The average Bonchev–Trinajstić information content (AvgIpc) is 2.46. The van der Waals surface area contributed by atoms with Crippen LogP contribution in [0.5, 0.6) is 0 Å². The molecule has 0 saturated carbocycles. The van der Waals surface area contributed by atoms with Gasteiger partial charge in [-0.25, -0.2) is 0 Å². The molecule has 0 unspecified atom stereocenters. The van der Waals surface area contributed by atoms with Crippen molar-refractivity contribution < 1.29 is 19.1 Å². The van der Waals surface area contributed by atoms with E-state index in [0.717, 1.165) is 25.7 Å². The van der Waals surface area contributed by atoms with Gasteiger partial charge in [0.15, 0.2) is 0 Å². The Balaban J connectivity index is 3.54. The topological polar surface area (TPSA) is 52.6 Å². The quantitative estimate of drug-likeness (QED) is 0.373. The molecule has 0 bridgehead atoms. The summed E-state index contributed by atoms with van der Waals surface area (Å²) in [5.41, 5.74) is 0. The van der Waals surface area contributed by atoms with Crippen molar-refractivity contribution in [1.29, 1.82) is 0 Å². The first-order chi connectivity index (χ1) is 10.1. The molecule has 0 aliphatic heterocycles. The zero-order valence-corrected chi connectivity index (χ0v) is 14.0. The number of hydrogen-bond acceptors (Lipinski definition) is 4. The van der Waals surface area contributed by atoms with Gasteiger partial charge in [0.25, 0.3) is 0 Å². The van der Waals surface area contributed by atoms with Crippen LogP contribution in [-0.4, -0.2) is 24.6 Å². The van der Waals surface area contributed by atoms with Crippen LogP contribution in [-0.2, 0) is 19.1 Å². The second-order valence-corrected chi connectivity index (χ2v) is 5.60. The maximum Gasteiger partial charge on any atom is 0.306 e. The largest absolute Gasteiger partial charge is 0.462 e. The summed E-state index contributed by atoms with van der Waals surface area (Å²) < 4.78 is 10.3. The Morgan fingerprint density at radius 2 is 1.38 bits per heavy atom. The summed E-state index contributed by atoms with van der Waals surface area (Å²) in [7, 11) is 0. The predicted molar refractivity (Wildman–Crippen MR) is 84.0 cm³/mol. The van der Waals surface area contributed by atoms with E-state index < -0.39 is 0 Å². The molecular formula is C17H32O4. The van der Waals surface area contributed by atoms with Gasteiger partial charge >= 0.3 is 11.9 Å². The van der Waals surface area contributed by atoms with Crippen LogP contribution in [0.1, 0.15) is 85.0 Å². The first-order valence-corrected chi connectivity index (χ1v) is 8.45. The van der Waals surface area contributed by atoms with Gasteiger partial charge in [0, 0.05) is 12.8 Å². The minimum Gasteiger partial charge on any atom is -0.462 e. The second-order valence-electron chi connectivity index (χ2n) is 5.60. The summed E-state index contributed by atoms with van der Waals surface area (Å²) in [6.07, 6.45) is 9.24. The molecule has 0 fully saturated rings. The van der Waals surface area contributed by atoms with E-state index in [0.29, 0.717) is 12.8 Å². The number of carbonyl (C=O) groups excluding carboxylic acids is 2. The van der Waals surface area contributed by atoms with Gasteiger partial charge in [0.05, 0.1) is 0 Å². The van der Waals surface area contributed by atoms with Gasteiger partial charge in [-0.3, -0.25) is 9.59 Å². The molecule has 0 aromatic carbocycles. The fourth-order valence-electron chi connectivity index (χ4n) is 1.97. The van der Waals surface area contributed by atoms with E-state index in [4.69, 9.17) is 9.47 Å². The van der Waals surface area contributed by atoms with E-state index in [-0.39, 0.29) is 24.6 Å². The summed E-state index contributed by atoms with van der Waals surface area (Å²) >= 11 is 0. The van der Waals surface area contributed by atoms with Crippen LogP contribution in [0.2, 0.25) is 0 Å². The highest BCUT2D eigenvalue weighted by Crippen LogP contribution is 2.08. The Hall–Kier alpha value is -1.06. The lowest BCUT2D eigenvalue weighted by Gasteiger charge is -2.13. The highest BCUT2D eigenvalue weighted by atomic mass is 16.6. The molecule has 4 nitrogen and oxygen atoms in total. The molecule has 124 valence electrons. The van der Waals surface area contributed by atoms with Crippen molar-refractivity contribution in [1.82, 2.24) is 0 Å². The zero-order valence-electron chi connectivity index (χ0n) is 14.0. The number of unbranched alkanes of at least 4 members (excludes halogenated alkanes) is 6. The molecule has 0 radical (unpaired) electrons. The Kier molecular flexibility index (Phi) is 13.2. The van der Waals surface area contributed by atoms with E-state index in [1.807, 2.05) is 6.92 Å². The van der Waals surface area contributed by atoms with Crippen molar-refractivity contribution in [2.24, 2.45) is 0 Å². The monoisotopic (exact) mass is 300 g/mol. The standard InChI is InChI=1S/C17H32O4/c1-4-6-8-9-10-11-13-17(19)21-15(3)14-20-16(18)12-7-5-2/h15H,4-14H2,1-3H3/t15-/m1/s1. The highest BCUT2D eigenvalue weighted by molar-refractivity contribution is 5.70. The Bertz CT molecular complexity index is 276. The summed E-state index contributed by atoms with van der Waals surface area (Å²) in [5, 5.41) is 0. The average molecular weight is 300 g/mol. The van der Waals surface area contributed by atoms with Gasteiger partial charge in [0.1, 0.15) is 12.7 Å². The van der Waals surface area contributed by atoms with Crippen LogP contribution in [0.4, 0.5) is 0 Å². The Morgan fingerprint density at radius 1 is 0.810 bits per heavy atom. The van der Waals surface area contributed by atoms with Crippen LogP contribution < -0.4 is 0 Å². The van der Waals surface area contributed by atoms with Crippen LogP contribution in [0.3, 0.4) is 0 Å². The lowest BCUT2D eigenvalue weighted by atomic mass is 10.1. The SMILES string of the molecule is CCCCCCCCC(=O)O[C@H](C)COC(=O)CCCC. The minimum atomic E-state index is -0.358. The molecule has 0 rings (SSSR count). The van der Waals surface area contributed by atoms with E-state index in [9.17, 15) is 9.59 Å². The van der Waals surface area contributed by atoms with Crippen LogP contribution in [0, 0.1) is 0 Å².